The number of aliphatic hydroxyl groups excluding tert-OH is 1. The zero-order valence-electron chi connectivity index (χ0n) is 19.0. The van der Waals surface area contributed by atoms with Gasteiger partial charge in [0.2, 0.25) is 0 Å². The van der Waals surface area contributed by atoms with Gasteiger partial charge in [0.1, 0.15) is 17.8 Å². The molecule has 4 heterocycles. The second-order valence-electron chi connectivity index (χ2n) is 8.05. The summed E-state index contributed by atoms with van der Waals surface area (Å²) in [5.41, 5.74) is 4.07. The van der Waals surface area contributed by atoms with Gasteiger partial charge in [-0.25, -0.2) is 23.4 Å². The van der Waals surface area contributed by atoms with Gasteiger partial charge in [0.05, 0.1) is 16.7 Å². The highest BCUT2D eigenvalue weighted by Gasteiger charge is 2.18. The van der Waals surface area contributed by atoms with Gasteiger partial charge >= 0.3 is 0 Å². The quantitative estimate of drug-likeness (QED) is 0.362. The van der Waals surface area contributed by atoms with Gasteiger partial charge in [0.15, 0.2) is 11.6 Å². The van der Waals surface area contributed by atoms with Gasteiger partial charge in [-0.3, -0.25) is 4.57 Å². The molecule has 0 aliphatic heterocycles. The zero-order chi connectivity index (χ0) is 24.5. The van der Waals surface area contributed by atoms with Gasteiger partial charge < -0.3 is 10.4 Å². The standard InChI is InChI=1S/C24H22F2N8O/c1-14-3-7-21(31-30-14)28-17-5-6-20-18(12-17)27-13-33(20)22-8-4-16(9-10-35)24(29-22)34-15(2)11-19(32-34)23(25)26/h3-8,11-13,23,35H,9-10H2,1-2H3,(H,28,31). The molecule has 0 atom stereocenters. The first-order valence-corrected chi connectivity index (χ1v) is 10.9. The highest BCUT2D eigenvalue weighted by atomic mass is 19.3. The number of aryl methyl sites for hydroxylation is 2. The highest BCUT2D eigenvalue weighted by molar-refractivity contribution is 5.82. The normalized spacial score (nSPS) is 11.5. The van der Waals surface area contributed by atoms with Crippen molar-refractivity contribution in [3.8, 4) is 11.6 Å². The number of nitrogens with zero attached hydrogens (tertiary/aromatic N) is 7. The van der Waals surface area contributed by atoms with Gasteiger partial charge in [0, 0.05) is 18.0 Å². The summed E-state index contributed by atoms with van der Waals surface area (Å²) in [6, 6.07) is 14.4. The van der Waals surface area contributed by atoms with Crippen molar-refractivity contribution >= 4 is 22.5 Å². The predicted molar refractivity (Wildman–Crippen MR) is 127 cm³/mol. The summed E-state index contributed by atoms with van der Waals surface area (Å²) in [6.45, 7) is 3.46. The monoisotopic (exact) mass is 476 g/mol. The number of anilines is 2. The molecule has 0 bridgehead atoms. The molecular weight excluding hydrogens is 454 g/mol. The lowest BCUT2D eigenvalue weighted by molar-refractivity contribution is 0.145. The predicted octanol–water partition coefficient (Wildman–Crippen LogP) is 4.23. The number of aliphatic hydroxyl groups is 1. The van der Waals surface area contributed by atoms with E-state index in [4.69, 9.17) is 4.98 Å². The number of imidazole rings is 1. The van der Waals surface area contributed by atoms with Gasteiger partial charge in [0.25, 0.3) is 6.43 Å². The van der Waals surface area contributed by atoms with Crippen LogP contribution in [0, 0.1) is 13.8 Å². The average molecular weight is 476 g/mol. The summed E-state index contributed by atoms with van der Waals surface area (Å²) < 4.78 is 29.7. The van der Waals surface area contributed by atoms with Gasteiger partial charge in [-0.2, -0.15) is 10.2 Å². The van der Waals surface area contributed by atoms with Crippen molar-refractivity contribution in [1.29, 1.82) is 0 Å². The topological polar surface area (TPSA) is 107 Å². The number of rotatable bonds is 7. The molecule has 0 saturated carbocycles. The number of hydrogen-bond donors (Lipinski definition) is 2. The Hall–Kier alpha value is -4.25. The first-order chi connectivity index (χ1) is 16.9. The van der Waals surface area contributed by atoms with Crippen LogP contribution in [0.3, 0.4) is 0 Å². The Morgan fingerprint density at radius 1 is 1.03 bits per heavy atom. The molecule has 5 aromatic rings. The van der Waals surface area contributed by atoms with Crippen LogP contribution >= 0.6 is 0 Å². The zero-order valence-corrected chi connectivity index (χ0v) is 19.0. The third-order valence-electron chi connectivity index (χ3n) is 5.52. The van der Waals surface area contributed by atoms with Crippen LogP contribution < -0.4 is 5.32 Å². The first-order valence-electron chi connectivity index (χ1n) is 10.9. The summed E-state index contributed by atoms with van der Waals surface area (Å²) in [4.78, 5) is 9.22. The minimum absolute atomic E-state index is 0.106. The largest absolute Gasteiger partial charge is 0.396 e. The SMILES string of the molecule is Cc1ccc(Nc2ccc3c(c2)ncn3-c2ccc(CCO)c(-n3nc(C(F)F)cc3C)n2)nn1. The van der Waals surface area contributed by atoms with Crippen LogP contribution in [0.25, 0.3) is 22.7 Å². The molecule has 178 valence electrons. The molecule has 4 aromatic heterocycles. The molecule has 9 nitrogen and oxygen atoms in total. The number of hydrogen-bond acceptors (Lipinski definition) is 7. The maximum atomic E-state index is 13.2. The Balaban J connectivity index is 1.53. The Kier molecular flexibility index (Phi) is 5.91. The number of alkyl halides is 2. The lowest BCUT2D eigenvalue weighted by Crippen LogP contribution is -2.10. The maximum absolute atomic E-state index is 13.2. The van der Waals surface area contributed by atoms with E-state index in [-0.39, 0.29) is 12.3 Å². The van der Waals surface area contributed by atoms with Crippen LogP contribution in [0.1, 0.15) is 29.1 Å². The number of nitrogens with one attached hydrogen (secondary N) is 1. The first kappa shape index (κ1) is 22.5. The molecule has 0 fully saturated rings. The Bertz CT molecular complexity index is 1490. The van der Waals surface area contributed by atoms with Gasteiger partial charge in [-0.15, -0.1) is 5.10 Å². The van der Waals surface area contributed by atoms with Crippen molar-refractivity contribution < 1.29 is 13.9 Å². The second-order valence-corrected chi connectivity index (χ2v) is 8.05. The summed E-state index contributed by atoms with van der Waals surface area (Å²) in [5, 5.41) is 24.9. The fourth-order valence-electron chi connectivity index (χ4n) is 3.81. The third-order valence-corrected chi connectivity index (χ3v) is 5.52. The maximum Gasteiger partial charge on any atom is 0.282 e. The lowest BCUT2D eigenvalue weighted by Gasteiger charge is -2.13. The highest BCUT2D eigenvalue weighted by Crippen LogP contribution is 2.26. The van der Waals surface area contributed by atoms with Crippen LogP contribution in [-0.4, -0.2) is 46.2 Å². The Morgan fingerprint density at radius 3 is 2.60 bits per heavy atom. The summed E-state index contributed by atoms with van der Waals surface area (Å²) in [7, 11) is 0. The van der Waals surface area contributed by atoms with Crippen LogP contribution in [-0.2, 0) is 6.42 Å². The van der Waals surface area contributed by atoms with E-state index in [1.54, 1.807) is 19.3 Å². The minimum Gasteiger partial charge on any atom is -0.396 e. The van der Waals surface area contributed by atoms with Crippen LogP contribution in [0.15, 0.2) is 54.9 Å². The summed E-state index contributed by atoms with van der Waals surface area (Å²) in [6.07, 6.45) is -0.725. The number of pyridine rings is 1. The van der Waals surface area contributed by atoms with Gasteiger partial charge in [-0.1, -0.05) is 6.07 Å². The van der Waals surface area contributed by atoms with Crippen molar-refractivity contribution in [2.75, 3.05) is 11.9 Å². The van der Waals surface area contributed by atoms with E-state index in [0.717, 1.165) is 22.4 Å². The van der Waals surface area contributed by atoms with E-state index < -0.39 is 6.43 Å². The number of fused-ring (bicyclic) bond motifs is 1. The molecular formula is C24H22F2N8O. The van der Waals surface area contributed by atoms with E-state index in [0.29, 0.717) is 35.1 Å². The van der Waals surface area contributed by atoms with E-state index in [1.807, 2.05) is 47.9 Å². The minimum atomic E-state index is -2.69. The number of halogens is 2. The summed E-state index contributed by atoms with van der Waals surface area (Å²) in [5.74, 6) is 1.56. The molecule has 0 aliphatic rings. The number of benzene rings is 1. The average Bonchev–Trinajstić information content (AvgIpc) is 3.44. The van der Waals surface area contributed by atoms with Crippen molar-refractivity contribution in [2.45, 2.75) is 26.7 Å². The Morgan fingerprint density at radius 2 is 1.89 bits per heavy atom. The van der Waals surface area contributed by atoms with Crippen molar-refractivity contribution in [3.05, 3.63) is 77.5 Å². The lowest BCUT2D eigenvalue weighted by atomic mass is 10.2. The molecule has 0 aliphatic carbocycles. The van der Waals surface area contributed by atoms with E-state index >= 15 is 0 Å². The van der Waals surface area contributed by atoms with Crippen molar-refractivity contribution in [1.82, 2.24) is 34.5 Å². The van der Waals surface area contributed by atoms with Crippen molar-refractivity contribution in [2.24, 2.45) is 0 Å². The fraction of sp³-hybridized carbons (Fsp3) is 0.208. The number of aromatic nitrogens is 7. The Labute approximate surface area is 199 Å². The molecule has 0 saturated heterocycles. The van der Waals surface area contributed by atoms with Crippen LogP contribution in [0.5, 0.6) is 0 Å². The molecule has 0 unspecified atom stereocenters. The molecule has 0 radical (unpaired) electrons. The second kappa shape index (κ2) is 9.18. The molecule has 5 rings (SSSR count). The van der Waals surface area contributed by atoms with Crippen LogP contribution in [0.4, 0.5) is 20.3 Å². The molecule has 1 aromatic carbocycles. The molecule has 2 N–H and O–H groups in total. The van der Waals surface area contributed by atoms with Crippen molar-refractivity contribution in [3.63, 3.8) is 0 Å². The molecule has 11 heteroatoms. The smallest absolute Gasteiger partial charge is 0.282 e. The third kappa shape index (κ3) is 4.45. The molecule has 35 heavy (non-hydrogen) atoms. The van der Waals surface area contributed by atoms with E-state index in [2.05, 4.69) is 25.6 Å². The van der Waals surface area contributed by atoms with E-state index in [9.17, 15) is 13.9 Å². The summed E-state index contributed by atoms with van der Waals surface area (Å²) >= 11 is 0. The molecule has 0 amide bonds. The van der Waals surface area contributed by atoms with Gasteiger partial charge in [-0.05, 0) is 68.3 Å². The van der Waals surface area contributed by atoms with Crippen LogP contribution in [0.2, 0.25) is 0 Å². The molecule has 0 spiro atoms. The fourth-order valence-corrected chi connectivity index (χ4v) is 3.81. The van der Waals surface area contributed by atoms with E-state index in [1.165, 1.54) is 10.7 Å².